The van der Waals surface area contributed by atoms with E-state index < -0.39 is 0 Å². The van der Waals surface area contributed by atoms with E-state index in [1.54, 1.807) is 5.51 Å². The van der Waals surface area contributed by atoms with Gasteiger partial charge in [0.15, 0.2) is 0 Å². The van der Waals surface area contributed by atoms with Crippen molar-refractivity contribution < 1.29 is 4.79 Å². The van der Waals surface area contributed by atoms with E-state index in [1.165, 1.54) is 50.0 Å². The lowest BCUT2D eigenvalue weighted by Crippen LogP contribution is -2.55. The van der Waals surface area contributed by atoms with Gasteiger partial charge in [-0.05, 0) is 45.8 Å². The molecule has 0 unspecified atom stereocenters. The van der Waals surface area contributed by atoms with Crippen molar-refractivity contribution in [2.24, 2.45) is 0 Å². The summed E-state index contributed by atoms with van der Waals surface area (Å²) in [4.78, 5) is 17.1. The quantitative estimate of drug-likeness (QED) is 0.915. The highest BCUT2D eigenvalue weighted by Gasteiger charge is 2.35. The largest absolute Gasteiger partial charge is 0.302 e. The van der Waals surface area contributed by atoms with Crippen molar-refractivity contribution in [2.75, 3.05) is 32.0 Å². The lowest BCUT2D eigenvalue weighted by molar-refractivity contribution is -0.118. The van der Waals surface area contributed by atoms with E-state index in [0.717, 1.165) is 6.54 Å². The molecule has 0 bridgehead atoms. The number of hydrogen-bond acceptors (Lipinski definition) is 6. The predicted molar refractivity (Wildman–Crippen MR) is 83.4 cm³/mol. The lowest BCUT2D eigenvalue weighted by atomic mass is 9.92. The Morgan fingerprint density at radius 1 is 1.33 bits per heavy atom. The first kappa shape index (κ1) is 14.9. The SMILES string of the molecule is CN1CCCC[C@@H]2[C@H]1CCCN2CC(=O)Nc1nncs1. The number of likely N-dealkylation sites (N-methyl/N-ethyl adjacent to an activating group) is 1. The van der Waals surface area contributed by atoms with Crippen molar-refractivity contribution in [1.82, 2.24) is 20.0 Å². The van der Waals surface area contributed by atoms with Crippen LogP contribution in [-0.4, -0.2) is 64.7 Å². The van der Waals surface area contributed by atoms with E-state index in [-0.39, 0.29) is 5.91 Å². The van der Waals surface area contributed by atoms with Gasteiger partial charge in [-0.25, -0.2) is 0 Å². The average Bonchev–Trinajstić information content (AvgIpc) is 2.89. The second-order valence-electron chi connectivity index (χ2n) is 6.02. The zero-order valence-electron chi connectivity index (χ0n) is 12.5. The Labute approximate surface area is 129 Å². The summed E-state index contributed by atoms with van der Waals surface area (Å²) >= 11 is 1.36. The van der Waals surface area contributed by atoms with Crippen LogP contribution in [0.15, 0.2) is 5.51 Å². The molecule has 0 aromatic carbocycles. The molecule has 2 saturated heterocycles. The van der Waals surface area contributed by atoms with Crippen LogP contribution in [0.5, 0.6) is 0 Å². The molecule has 1 aromatic rings. The molecule has 0 saturated carbocycles. The van der Waals surface area contributed by atoms with Gasteiger partial charge in [0.25, 0.3) is 0 Å². The van der Waals surface area contributed by atoms with Crippen LogP contribution in [0.4, 0.5) is 5.13 Å². The number of nitrogens with zero attached hydrogens (tertiary/aromatic N) is 4. The Kier molecular flexibility index (Phi) is 4.82. The number of hydrogen-bond donors (Lipinski definition) is 1. The Morgan fingerprint density at radius 3 is 3.00 bits per heavy atom. The fourth-order valence-electron chi connectivity index (χ4n) is 3.64. The number of rotatable bonds is 3. The molecule has 2 aliphatic heterocycles. The van der Waals surface area contributed by atoms with Crippen molar-refractivity contribution in [3.05, 3.63) is 5.51 Å². The van der Waals surface area contributed by atoms with E-state index in [1.807, 2.05) is 0 Å². The number of fused-ring (bicyclic) bond motifs is 1. The molecule has 21 heavy (non-hydrogen) atoms. The standard InChI is InChI=1S/C14H23N5OS/c1-18-7-3-2-5-12-11(18)6-4-8-19(12)9-13(20)16-14-17-15-10-21-14/h10-12H,2-9H2,1H3,(H,16,17,20)/t11-,12-/m1/s1. The Bertz CT molecular complexity index is 466. The smallest absolute Gasteiger partial charge is 0.240 e. The molecule has 0 aliphatic carbocycles. The molecular weight excluding hydrogens is 286 g/mol. The minimum atomic E-state index is 0.0271. The average molecular weight is 309 g/mol. The second kappa shape index (κ2) is 6.81. The number of nitrogens with one attached hydrogen (secondary N) is 1. The molecule has 0 radical (unpaired) electrons. The van der Waals surface area contributed by atoms with E-state index >= 15 is 0 Å². The monoisotopic (exact) mass is 309 g/mol. The highest BCUT2D eigenvalue weighted by molar-refractivity contribution is 7.13. The van der Waals surface area contributed by atoms with Crippen LogP contribution < -0.4 is 5.32 Å². The summed E-state index contributed by atoms with van der Waals surface area (Å²) in [5, 5.41) is 11.0. The minimum absolute atomic E-state index is 0.0271. The van der Waals surface area contributed by atoms with Gasteiger partial charge in [0, 0.05) is 12.1 Å². The van der Waals surface area contributed by atoms with Gasteiger partial charge in [-0.2, -0.15) is 0 Å². The highest BCUT2D eigenvalue weighted by atomic mass is 32.1. The van der Waals surface area contributed by atoms with Gasteiger partial charge >= 0.3 is 0 Å². The number of likely N-dealkylation sites (tertiary alicyclic amines) is 2. The molecule has 1 N–H and O–H groups in total. The molecule has 3 rings (SSSR count). The van der Waals surface area contributed by atoms with Crippen LogP contribution in [0.1, 0.15) is 32.1 Å². The van der Waals surface area contributed by atoms with Crippen LogP contribution in [0, 0.1) is 0 Å². The number of anilines is 1. The van der Waals surface area contributed by atoms with Crippen LogP contribution in [0.2, 0.25) is 0 Å². The number of carbonyl (C=O) groups is 1. The highest BCUT2D eigenvalue weighted by Crippen LogP contribution is 2.28. The molecule has 2 aliphatic rings. The minimum Gasteiger partial charge on any atom is -0.302 e. The summed E-state index contributed by atoms with van der Waals surface area (Å²) in [7, 11) is 2.23. The first-order valence-corrected chi connectivity index (χ1v) is 8.62. The maximum atomic E-state index is 12.2. The van der Waals surface area contributed by atoms with Crippen molar-refractivity contribution in [3.8, 4) is 0 Å². The van der Waals surface area contributed by atoms with Gasteiger partial charge in [0.1, 0.15) is 5.51 Å². The first-order valence-electron chi connectivity index (χ1n) is 7.74. The van der Waals surface area contributed by atoms with Crippen LogP contribution >= 0.6 is 11.3 Å². The molecule has 116 valence electrons. The summed E-state index contributed by atoms with van der Waals surface area (Å²) in [6.45, 7) is 2.68. The molecule has 1 amide bonds. The number of aromatic nitrogens is 2. The van der Waals surface area contributed by atoms with Crippen LogP contribution in [-0.2, 0) is 4.79 Å². The van der Waals surface area contributed by atoms with E-state index in [9.17, 15) is 4.79 Å². The third-order valence-electron chi connectivity index (χ3n) is 4.64. The van der Waals surface area contributed by atoms with Crippen molar-refractivity contribution >= 4 is 22.4 Å². The van der Waals surface area contributed by atoms with Crippen LogP contribution in [0.3, 0.4) is 0 Å². The maximum Gasteiger partial charge on any atom is 0.240 e. The summed E-state index contributed by atoms with van der Waals surface area (Å²) in [6, 6.07) is 1.13. The third-order valence-corrected chi connectivity index (χ3v) is 5.24. The molecule has 2 fully saturated rings. The second-order valence-corrected chi connectivity index (χ2v) is 6.85. The molecule has 1 aromatic heterocycles. The zero-order chi connectivity index (χ0) is 14.7. The van der Waals surface area contributed by atoms with Gasteiger partial charge in [-0.15, -0.1) is 10.2 Å². The Hall–Kier alpha value is -1.05. The van der Waals surface area contributed by atoms with Gasteiger partial charge in [-0.1, -0.05) is 17.8 Å². The fourth-order valence-corrected chi connectivity index (χ4v) is 4.10. The number of amides is 1. The summed E-state index contributed by atoms with van der Waals surface area (Å²) in [5.41, 5.74) is 1.63. The topological polar surface area (TPSA) is 61.4 Å². The molecule has 0 spiro atoms. The zero-order valence-corrected chi connectivity index (χ0v) is 13.3. The summed E-state index contributed by atoms with van der Waals surface area (Å²) in [6.07, 6.45) is 6.18. The lowest BCUT2D eigenvalue weighted by Gasteiger charge is -2.43. The third kappa shape index (κ3) is 3.59. The predicted octanol–water partition coefficient (Wildman–Crippen LogP) is 1.43. The molecule has 6 nitrogen and oxygen atoms in total. The number of piperidine rings is 1. The van der Waals surface area contributed by atoms with E-state index in [0.29, 0.717) is 23.8 Å². The van der Waals surface area contributed by atoms with Gasteiger partial charge in [-0.3, -0.25) is 15.0 Å². The molecule has 2 atom stereocenters. The molecular formula is C14H23N5OS. The fraction of sp³-hybridized carbons (Fsp3) is 0.786. The van der Waals surface area contributed by atoms with Crippen molar-refractivity contribution in [1.29, 1.82) is 0 Å². The summed E-state index contributed by atoms with van der Waals surface area (Å²) < 4.78 is 0. The molecule has 3 heterocycles. The first-order chi connectivity index (χ1) is 10.2. The van der Waals surface area contributed by atoms with Gasteiger partial charge < -0.3 is 4.90 Å². The normalized spacial score (nSPS) is 27.9. The number of carbonyl (C=O) groups excluding carboxylic acids is 1. The van der Waals surface area contributed by atoms with E-state index in [4.69, 9.17) is 0 Å². The van der Waals surface area contributed by atoms with Crippen molar-refractivity contribution in [2.45, 2.75) is 44.2 Å². The van der Waals surface area contributed by atoms with Crippen molar-refractivity contribution in [3.63, 3.8) is 0 Å². The Morgan fingerprint density at radius 2 is 2.19 bits per heavy atom. The maximum absolute atomic E-state index is 12.2. The molecule has 7 heteroatoms. The Balaban J connectivity index is 1.62. The van der Waals surface area contributed by atoms with E-state index in [2.05, 4.69) is 32.4 Å². The van der Waals surface area contributed by atoms with Gasteiger partial charge in [0.2, 0.25) is 11.0 Å². The summed E-state index contributed by atoms with van der Waals surface area (Å²) in [5.74, 6) is 0.0271. The van der Waals surface area contributed by atoms with Crippen LogP contribution in [0.25, 0.3) is 0 Å². The van der Waals surface area contributed by atoms with Gasteiger partial charge in [0.05, 0.1) is 6.54 Å².